The van der Waals surface area contributed by atoms with Gasteiger partial charge < -0.3 is 25.4 Å². The third-order valence-electron chi connectivity index (χ3n) is 5.62. The Hall–Kier alpha value is -5.00. The minimum atomic E-state index is -1.18. The highest BCUT2D eigenvalue weighted by molar-refractivity contribution is 6.05. The van der Waals surface area contributed by atoms with E-state index in [2.05, 4.69) is 25.9 Å². The molecule has 190 valence electrons. The molecule has 1 atom stereocenters. The third-order valence-corrected chi connectivity index (χ3v) is 5.62. The first-order valence-corrected chi connectivity index (χ1v) is 11.1. The van der Waals surface area contributed by atoms with Crippen molar-refractivity contribution in [1.29, 1.82) is 0 Å². The standard InChI is InChI=1S/C25H23N5O7/c1-12-4-6-15(7-5-12)27-25-29-20-19(22(33)30-25)17(11-18(31)28-20)21(32)26-16-9-13(23(34)36-2)8-14(10-16)24(35)37-3/h4-10,17H,11H2,1-3H3,(H,26,32)(H3,27,28,29,30,31,33). The minimum Gasteiger partial charge on any atom is -0.465 e. The maximum atomic E-state index is 13.2. The number of methoxy groups -OCH3 is 2. The number of fused-ring (bicyclic) bond motifs is 1. The smallest absolute Gasteiger partial charge is 0.337 e. The molecule has 0 fully saturated rings. The lowest BCUT2D eigenvalue weighted by molar-refractivity contribution is -0.123. The van der Waals surface area contributed by atoms with E-state index in [9.17, 15) is 24.0 Å². The lowest BCUT2D eigenvalue weighted by Gasteiger charge is -2.24. The molecular formula is C25H23N5O7. The largest absolute Gasteiger partial charge is 0.465 e. The topological polar surface area (TPSA) is 169 Å². The van der Waals surface area contributed by atoms with Crippen molar-refractivity contribution >= 4 is 46.9 Å². The normalized spacial score (nSPS) is 14.1. The molecule has 0 bridgehead atoms. The Kier molecular flexibility index (Phi) is 7.00. The first kappa shape index (κ1) is 25.1. The highest BCUT2D eigenvalue weighted by atomic mass is 16.5. The van der Waals surface area contributed by atoms with Crippen molar-refractivity contribution in [2.75, 3.05) is 30.2 Å². The number of carbonyl (C=O) groups excluding carboxylic acids is 4. The second-order valence-corrected chi connectivity index (χ2v) is 8.24. The van der Waals surface area contributed by atoms with E-state index < -0.39 is 35.2 Å². The Bertz CT molecular complexity index is 1430. The number of nitrogens with zero attached hydrogens (tertiary/aromatic N) is 1. The van der Waals surface area contributed by atoms with Crippen LogP contribution in [0.2, 0.25) is 0 Å². The van der Waals surface area contributed by atoms with E-state index in [1.54, 1.807) is 12.1 Å². The van der Waals surface area contributed by atoms with Gasteiger partial charge in [0, 0.05) is 17.8 Å². The fourth-order valence-corrected chi connectivity index (χ4v) is 3.83. The number of benzene rings is 2. The molecule has 4 N–H and O–H groups in total. The summed E-state index contributed by atoms with van der Waals surface area (Å²) in [4.78, 5) is 69.6. The monoisotopic (exact) mass is 505 g/mol. The van der Waals surface area contributed by atoms with Gasteiger partial charge in [-0.3, -0.25) is 19.4 Å². The molecule has 4 rings (SSSR count). The highest BCUT2D eigenvalue weighted by Gasteiger charge is 2.35. The molecule has 0 radical (unpaired) electrons. The van der Waals surface area contributed by atoms with Crippen molar-refractivity contribution in [1.82, 2.24) is 9.97 Å². The van der Waals surface area contributed by atoms with E-state index >= 15 is 0 Å². The molecule has 0 saturated carbocycles. The summed E-state index contributed by atoms with van der Waals surface area (Å²) in [6, 6.07) is 11.2. The second-order valence-electron chi connectivity index (χ2n) is 8.24. The van der Waals surface area contributed by atoms with Gasteiger partial charge in [0.25, 0.3) is 5.56 Å². The van der Waals surface area contributed by atoms with Crippen molar-refractivity contribution in [2.45, 2.75) is 19.3 Å². The van der Waals surface area contributed by atoms with E-state index in [4.69, 9.17) is 9.47 Å². The molecule has 12 heteroatoms. The van der Waals surface area contributed by atoms with Crippen LogP contribution in [0.5, 0.6) is 0 Å². The molecule has 37 heavy (non-hydrogen) atoms. The van der Waals surface area contributed by atoms with Gasteiger partial charge in [-0.05, 0) is 37.3 Å². The third kappa shape index (κ3) is 5.48. The molecule has 0 aliphatic carbocycles. The quantitative estimate of drug-likeness (QED) is 0.368. The zero-order valence-corrected chi connectivity index (χ0v) is 20.1. The van der Waals surface area contributed by atoms with E-state index in [-0.39, 0.29) is 40.6 Å². The lowest BCUT2D eigenvalue weighted by Crippen LogP contribution is -2.36. The first-order chi connectivity index (χ1) is 17.7. The van der Waals surface area contributed by atoms with Crippen molar-refractivity contribution in [3.05, 3.63) is 75.1 Å². The van der Waals surface area contributed by atoms with Crippen LogP contribution in [0.1, 0.15) is 44.2 Å². The van der Waals surface area contributed by atoms with Gasteiger partial charge in [-0.2, -0.15) is 4.98 Å². The van der Waals surface area contributed by atoms with E-state index in [1.165, 1.54) is 32.4 Å². The van der Waals surface area contributed by atoms with E-state index in [1.807, 2.05) is 19.1 Å². The second kappa shape index (κ2) is 10.3. The van der Waals surface area contributed by atoms with Crippen molar-refractivity contribution in [3.8, 4) is 0 Å². The predicted molar refractivity (Wildman–Crippen MR) is 133 cm³/mol. The fraction of sp³-hybridized carbons (Fsp3) is 0.200. The summed E-state index contributed by atoms with van der Waals surface area (Å²) < 4.78 is 9.40. The summed E-state index contributed by atoms with van der Waals surface area (Å²) in [6.45, 7) is 1.94. The molecule has 2 heterocycles. The number of amides is 2. The number of rotatable bonds is 6. The molecular weight excluding hydrogens is 482 g/mol. The van der Waals surface area contributed by atoms with Crippen LogP contribution in [-0.2, 0) is 19.1 Å². The Morgan fingerprint density at radius 3 is 2.16 bits per heavy atom. The molecule has 3 aromatic rings. The van der Waals surface area contributed by atoms with E-state index in [0.29, 0.717) is 5.69 Å². The molecule has 2 amide bonds. The molecule has 1 aliphatic heterocycles. The maximum absolute atomic E-state index is 13.2. The van der Waals surface area contributed by atoms with Crippen LogP contribution >= 0.6 is 0 Å². The average Bonchev–Trinajstić information content (AvgIpc) is 2.88. The van der Waals surface area contributed by atoms with Gasteiger partial charge in [0.2, 0.25) is 17.8 Å². The van der Waals surface area contributed by atoms with Crippen LogP contribution in [0.15, 0.2) is 47.3 Å². The number of anilines is 4. The number of aromatic amines is 1. The highest BCUT2D eigenvalue weighted by Crippen LogP contribution is 2.30. The first-order valence-electron chi connectivity index (χ1n) is 11.1. The van der Waals surface area contributed by atoms with Crippen LogP contribution in [0.4, 0.5) is 23.1 Å². The Balaban J connectivity index is 1.65. The summed E-state index contributed by atoms with van der Waals surface area (Å²) in [7, 11) is 2.34. The number of carbonyl (C=O) groups is 4. The average molecular weight is 505 g/mol. The summed E-state index contributed by atoms with van der Waals surface area (Å²) in [6.07, 6.45) is -0.311. The van der Waals surface area contributed by atoms with Gasteiger partial charge in [0.1, 0.15) is 5.82 Å². The van der Waals surface area contributed by atoms with Gasteiger partial charge in [-0.1, -0.05) is 17.7 Å². The zero-order chi connectivity index (χ0) is 26.7. The molecule has 2 aromatic carbocycles. The summed E-state index contributed by atoms with van der Waals surface area (Å²) in [5.74, 6) is -3.84. The molecule has 0 saturated heterocycles. The van der Waals surface area contributed by atoms with Gasteiger partial charge in [-0.25, -0.2) is 9.59 Å². The Morgan fingerprint density at radius 2 is 1.57 bits per heavy atom. The minimum absolute atomic E-state index is 0.00572. The van der Waals surface area contributed by atoms with Crippen LogP contribution < -0.4 is 21.5 Å². The number of esters is 2. The predicted octanol–water partition coefficient (Wildman–Crippen LogP) is 2.46. The summed E-state index contributed by atoms with van der Waals surface area (Å²) >= 11 is 0. The number of aryl methyl sites for hydroxylation is 1. The van der Waals surface area contributed by atoms with Crippen molar-refractivity contribution in [2.24, 2.45) is 0 Å². The molecule has 1 unspecified atom stereocenters. The Morgan fingerprint density at radius 1 is 0.946 bits per heavy atom. The molecule has 1 aromatic heterocycles. The summed E-state index contributed by atoms with van der Waals surface area (Å²) in [5.41, 5.74) is 1.14. The number of hydrogen-bond donors (Lipinski definition) is 4. The lowest BCUT2D eigenvalue weighted by atomic mass is 9.92. The van der Waals surface area contributed by atoms with Crippen LogP contribution in [0.25, 0.3) is 0 Å². The number of ether oxygens (including phenoxy) is 2. The van der Waals surface area contributed by atoms with Gasteiger partial charge in [0.05, 0.1) is 36.8 Å². The molecule has 1 aliphatic rings. The van der Waals surface area contributed by atoms with Crippen LogP contribution in [0.3, 0.4) is 0 Å². The van der Waals surface area contributed by atoms with E-state index in [0.717, 1.165) is 5.56 Å². The molecule has 0 spiro atoms. The van der Waals surface area contributed by atoms with Crippen LogP contribution in [0, 0.1) is 6.92 Å². The number of nitrogens with one attached hydrogen (secondary N) is 4. The SMILES string of the molecule is COC(=O)c1cc(NC(=O)C2CC(=O)Nc3nc(Nc4ccc(C)cc4)[nH]c(=O)c32)cc(C(=O)OC)c1. The van der Waals surface area contributed by atoms with Crippen LogP contribution in [-0.4, -0.2) is 47.9 Å². The van der Waals surface area contributed by atoms with Gasteiger partial charge >= 0.3 is 11.9 Å². The fourth-order valence-electron chi connectivity index (χ4n) is 3.83. The zero-order valence-electron chi connectivity index (χ0n) is 20.1. The number of H-pyrrole nitrogens is 1. The summed E-state index contributed by atoms with van der Waals surface area (Å²) in [5, 5.41) is 8.06. The molecule has 12 nitrogen and oxygen atoms in total. The number of hydrogen-bond acceptors (Lipinski definition) is 9. The van der Waals surface area contributed by atoms with Gasteiger partial charge in [-0.15, -0.1) is 0 Å². The maximum Gasteiger partial charge on any atom is 0.337 e. The van der Waals surface area contributed by atoms with Crippen molar-refractivity contribution in [3.63, 3.8) is 0 Å². The Labute approximate surface area is 210 Å². The van der Waals surface area contributed by atoms with Gasteiger partial charge in [0.15, 0.2) is 0 Å². The number of aromatic nitrogens is 2. The van der Waals surface area contributed by atoms with Crippen molar-refractivity contribution < 1.29 is 28.7 Å².